The maximum atomic E-state index is 12.5. The Balaban J connectivity index is 0.00000480. The van der Waals surface area contributed by atoms with E-state index in [4.69, 9.17) is 9.47 Å². The molecule has 0 aliphatic heterocycles. The molecule has 0 unspecified atom stereocenters. The second kappa shape index (κ2) is 13.2. The van der Waals surface area contributed by atoms with Crippen LogP contribution in [0, 0.1) is 0 Å². The lowest BCUT2D eigenvalue weighted by Crippen LogP contribution is -2.19. The Morgan fingerprint density at radius 3 is 2.35 bits per heavy atom. The van der Waals surface area contributed by atoms with Crippen LogP contribution in [-0.2, 0) is 16.4 Å². The lowest BCUT2D eigenvalue weighted by Gasteiger charge is -2.11. The third kappa shape index (κ3) is 9.16. The molecule has 9 heteroatoms. The van der Waals surface area contributed by atoms with Gasteiger partial charge in [-0.3, -0.25) is 9.52 Å². The molecule has 172 valence electrons. The Bertz CT molecular complexity index is 951. The Hall–Kier alpha value is -2.29. The van der Waals surface area contributed by atoms with Crippen LogP contribution in [0.5, 0.6) is 11.5 Å². The van der Waals surface area contributed by atoms with Gasteiger partial charge in [0.2, 0.25) is 10.0 Å². The first-order valence-electron chi connectivity index (χ1n) is 9.85. The van der Waals surface area contributed by atoms with Crippen LogP contribution in [-0.4, -0.2) is 47.8 Å². The average Bonchev–Trinajstić information content (AvgIpc) is 2.72. The van der Waals surface area contributed by atoms with Crippen molar-refractivity contribution in [3.63, 3.8) is 0 Å². The number of carbonyl (C=O) groups is 1. The summed E-state index contributed by atoms with van der Waals surface area (Å²) in [7, 11) is -0.342. The first-order chi connectivity index (χ1) is 14.3. The highest BCUT2D eigenvalue weighted by molar-refractivity contribution is 7.92. The summed E-state index contributed by atoms with van der Waals surface area (Å²) in [6.07, 6.45) is 3.97. The van der Waals surface area contributed by atoms with Gasteiger partial charge in [-0.1, -0.05) is 18.2 Å². The number of anilines is 1. The standard InChI is InChI=1S/C22H30N2O5S.ClH/c1-28-21-10-5-4-8-17(21)13-15-23-14-7-6-9-20(25)18-11-12-22(29-2)19(16-18)24-30(3,26)27;/h4-5,8,10-12,16,23-24H,6-7,9,13-15H2,1-3H3;1H. The summed E-state index contributed by atoms with van der Waals surface area (Å²) in [5, 5.41) is 3.39. The molecule has 0 aliphatic rings. The predicted octanol–water partition coefficient (Wildman–Crippen LogP) is 3.68. The number of hydrogen-bond acceptors (Lipinski definition) is 6. The van der Waals surface area contributed by atoms with Gasteiger partial charge in [0.15, 0.2) is 5.78 Å². The zero-order valence-corrected chi connectivity index (χ0v) is 19.8. The van der Waals surface area contributed by atoms with E-state index in [-0.39, 0.29) is 23.9 Å². The van der Waals surface area contributed by atoms with Crippen molar-refractivity contribution in [2.75, 3.05) is 38.3 Å². The van der Waals surface area contributed by atoms with Crippen LogP contribution in [0.15, 0.2) is 42.5 Å². The molecule has 0 heterocycles. The van der Waals surface area contributed by atoms with Crippen molar-refractivity contribution in [2.45, 2.75) is 25.7 Å². The number of benzene rings is 2. The smallest absolute Gasteiger partial charge is 0.229 e. The minimum absolute atomic E-state index is 0. The van der Waals surface area contributed by atoms with Gasteiger partial charge in [0.1, 0.15) is 11.5 Å². The fourth-order valence-electron chi connectivity index (χ4n) is 3.10. The largest absolute Gasteiger partial charge is 0.496 e. The number of halogens is 1. The fourth-order valence-corrected chi connectivity index (χ4v) is 3.66. The monoisotopic (exact) mass is 470 g/mol. The molecule has 0 saturated carbocycles. The molecule has 2 rings (SSSR count). The molecule has 0 aliphatic carbocycles. The van der Waals surface area contributed by atoms with E-state index in [0.717, 1.165) is 44.4 Å². The van der Waals surface area contributed by atoms with Gasteiger partial charge in [-0.05, 0) is 62.2 Å². The molecule has 0 amide bonds. The van der Waals surface area contributed by atoms with E-state index in [9.17, 15) is 13.2 Å². The molecule has 0 aromatic heterocycles. The number of Topliss-reactive ketones (excluding diaryl/α,β-unsaturated/α-hetero) is 1. The summed E-state index contributed by atoms with van der Waals surface area (Å²) in [5.41, 5.74) is 1.90. The first kappa shape index (κ1) is 26.7. The van der Waals surface area contributed by atoms with Gasteiger partial charge in [-0.15, -0.1) is 12.4 Å². The Labute approximate surface area is 191 Å². The van der Waals surface area contributed by atoms with E-state index < -0.39 is 10.0 Å². The number of para-hydroxylation sites is 1. The van der Waals surface area contributed by atoms with Crippen molar-refractivity contribution < 1.29 is 22.7 Å². The summed E-state index contributed by atoms with van der Waals surface area (Å²) in [6.45, 7) is 1.67. The number of ether oxygens (including phenoxy) is 2. The number of unbranched alkanes of at least 4 members (excludes halogenated alkanes) is 1. The zero-order valence-electron chi connectivity index (χ0n) is 18.1. The third-order valence-corrected chi connectivity index (χ3v) is 5.18. The summed E-state index contributed by atoms with van der Waals surface area (Å²) >= 11 is 0. The molecule has 0 saturated heterocycles. The van der Waals surface area contributed by atoms with Gasteiger partial charge in [0.25, 0.3) is 0 Å². The van der Waals surface area contributed by atoms with Crippen LogP contribution in [0.2, 0.25) is 0 Å². The number of rotatable bonds is 13. The Morgan fingerprint density at radius 2 is 1.68 bits per heavy atom. The van der Waals surface area contributed by atoms with E-state index >= 15 is 0 Å². The van der Waals surface area contributed by atoms with E-state index in [0.29, 0.717) is 17.7 Å². The number of ketones is 1. The highest BCUT2D eigenvalue weighted by Crippen LogP contribution is 2.27. The van der Waals surface area contributed by atoms with Gasteiger partial charge in [0.05, 0.1) is 26.2 Å². The second-order valence-corrected chi connectivity index (χ2v) is 8.73. The minimum Gasteiger partial charge on any atom is -0.496 e. The molecule has 2 aromatic rings. The number of hydrogen-bond donors (Lipinski definition) is 2. The van der Waals surface area contributed by atoms with Crippen molar-refractivity contribution in [1.82, 2.24) is 5.32 Å². The van der Waals surface area contributed by atoms with Crippen molar-refractivity contribution >= 4 is 33.9 Å². The molecule has 0 bridgehead atoms. The maximum absolute atomic E-state index is 12.5. The first-order valence-corrected chi connectivity index (χ1v) is 11.7. The van der Waals surface area contributed by atoms with Crippen molar-refractivity contribution in [1.29, 1.82) is 0 Å². The van der Waals surface area contributed by atoms with Crippen LogP contribution in [0.1, 0.15) is 35.2 Å². The molecule has 2 N–H and O–H groups in total. The van der Waals surface area contributed by atoms with Crippen LogP contribution in [0.3, 0.4) is 0 Å². The van der Waals surface area contributed by atoms with Crippen molar-refractivity contribution in [3.8, 4) is 11.5 Å². The van der Waals surface area contributed by atoms with Gasteiger partial charge < -0.3 is 14.8 Å². The second-order valence-electron chi connectivity index (χ2n) is 6.98. The number of sulfonamides is 1. The molecule has 2 aromatic carbocycles. The van der Waals surface area contributed by atoms with Gasteiger partial charge >= 0.3 is 0 Å². The highest BCUT2D eigenvalue weighted by atomic mass is 35.5. The Morgan fingerprint density at radius 1 is 0.968 bits per heavy atom. The van der Waals surface area contributed by atoms with Crippen molar-refractivity contribution in [2.24, 2.45) is 0 Å². The summed E-state index contributed by atoms with van der Waals surface area (Å²) in [6, 6.07) is 12.7. The predicted molar refractivity (Wildman–Crippen MR) is 126 cm³/mol. The number of nitrogens with one attached hydrogen (secondary N) is 2. The van der Waals surface area contributed by atoms with E-state index in [2.05, 4.69) is 16.1 Å². The maximum Gasteiger partial charge on any atom is 0.229 e. The third-order valence-electron chi connectivity index (χ3n) is 4.59. The molecule has 0 radical (unpaired) electrons. The van der Waals surface area contributed by atoms with E-state index in [1.807, 2.05) is 18.2 Å². The number of methoxy groups -OCH3 is 2. The average molecular weight is 471 g/mol. The lowest BCUT2D eigenvalue weighted by atomic mass is 10.0. The molecule has 0 spiro atoms. The number of carbonyl (C=O) groups excluding carboxylic acids is 1. The molecule has 0 atom stereocenters. The topological polar surface area (TPSA) is 93.7 Å². The van der Waals surface area contributed by atoms with Crippen LogP contribution < -0.4 is 19.5 Å². The molecule has 7 nitrogen and oxygen atoms in total. The zero-order chi connectivity index (χ0) is 22.0. The van der Waals surface area contributed by atoms with E-state index in [1.165, 1.54) is 18.7 Å². The SMILES string of the molecule is COc1ccccc1CCNCCCCC(=O)c1ccc(OC)c(NS(C)(=O)=O)c1.Cl. The lowest BCUT2D eigenvalue weighted by molar-refractivity contribution is 0.0979. The van der Waals surface area contributed by atoms with Gasteiger partial charge in [0, 0.05) is 12.0 Å². The van der Waals surface area contributed by atoms with Crippen LogP contribution in [0.25, 0.3) is 0 Å². The van der Waals surface area contributed by atoms with Crippen LogP contribution in [0.4, 0.5) is 5.69 Å². The normalized spacial score (nSPS) is 10.8. The Kier molecular flexibility index (Phi) is 11.4. The molecular weight excluding hydrogens is 440 g/mol. The van der Waals surface area contributed by atoms with Crippen LogP contribution >= 0.6 is 12.4 Å². The fraction of sp³-hybridized carbons (Fsp3) is 0.409. The van der Waals surface area contributed by atoms with Crippen molar-refractivity contribution in [3.05, 3.63) is 53.6 Å². The summed E-state index contributed by atoms with van der Waals surface area (Å²) < 4.78 is 35.9. The summed E-state index contributed by atoms with van der Waals surface area (Å²) in [5.74, 6) is 1.24. The minimum atomic E-state index is -3.46. The molecular formula is C22H31ClN2O5S. The molecule has 0 fully saturated rings. The van der Waals surface area contributed by atoms with Gasteiger partial charge in [-0.25, -0.2) is 8.42 Å². The summed E-state index contributed by atoms with van der Waals surface area (Å²) in [4.78, 5) is 12.5. The highest BCUT2D eigenvalue weighted by Gasteiger charge is 2.13. The van der Waals surface area contributed by atoms with E-state index in [1.54, 1.807) is 19.2 Å². The molecule has 31 heavy (non-hydrogen) atoms. The quantitative estimate of drug-likeness (QED) is 0.342. The van der Waals surface area contributed by atoms with Gasteiger partial charge in [-0.2, -0.15) is 0 Å².